The highest BCUT2D eigenvalue weighted by Gasteiger charge is 2.10. The van der Waals surface area contributed by atoms with Gasteiger partial charge in [0.15, 0.2) is 5.78 Å². The number of ketones is 1. The first-order chi connectivity index (χ1) is 11.5. The van der Waals surface area contributed by atoms with E-state index in [0.29, 0.717) is 32.7 Å². The molecule has 0 aliphatic carbocycles. The lowest BCUT2D eigenvalue weighted by molar-refractivity contribution is 0.104. The Morgan fingerprint density at radius 3 is 2.50 bits per heavy atom. The van der Waals surface area contributed by atoms with Crippen LogP contribution >= 0.6 is 45.8 Å². The molecule has 5 heteroatoms. The van der Waals surface area contributed by atoms with E-state index in [1.54, 1.807) is 36.4 Å². The van der Waals surface area contributed by atoms with Crippen LogP contribution in [0.15, 0.2) is 65.1 Å². The molecule has 1 aromatic heterocycles. The fourth-order valence-corrected chi connectivity index (χ4v) is 2.90. The van der Waals surface area contributed by atoms with Gasteiger partial charge in [-0.2, -0.15) is 0 Å². The van der Waals surface area contributed by atoms with Crippen LogP contribution in [0.5, 0.6) is 0 Å². The monoisotopic (exact) mass is 468 g/mol. The summed E-state index contributed by atoms with van der Waals surface area (Å²) in [6.45, 7) is 0. The van der Waals surface area contributed by atoms with E-state index in [9.17, 15) is 4.79 Å². The molecule has 0 spiro atoms. The van der Waals surface area contributed by atoms with Gasteiger partial charge in [0, 0.05) is 14.7 Å². The molecule has 2 nitrogen and oxygen atoms in total. The summed E-state index contributed by atoms with van der Waals surface area (Å²) >= 11 is 14.4. The largest absolute Gasteiger partial charge is 0.457 e. The van der Waals surface area contributed by atoms with Gasteiger partial charge in [-0.05, 0) is 71.1 Å². The Morgan fingerprint density at radius 1 is 1.00 bits per heavy atom. The van der Waals surface area contributed by atoms with Crippen molar-refractivity contribution in [2.24, 2.45) is 0 Å². The minimum Gasteiger partial charge on any atom is -0.457 e. The van der Waals surface area contributed by atoms with E-state index in [-0.39, 0.29) is 5.78 Å². The maximum absolute atomic E-state index is 12.1. The number of carbonyl (C=O) groups excluding carboxylic acids is 1. The van der Waals surface area contributed by atoms with E-state index in [4.69, 9.17) is 27.6 Å². The molecule has 0 saturated heterocycles. The van der Waals surface area contributed by atoms with E-state index >= 15 is 0 Å². The predicted octanol–water partition coefficient (Wildman–Crippen LogP) is 6.75. The van der Waals surface area contributed by atoms with Crippen molar-refractivity contribution in [2.45, 2.75) is 0 Å². The van der Waals surface area contributed by atoms with Crippen molar-refractivity contribution in [2.75, 3.05) is 0 Å². The molecule has 0 unspecified atom stereocenters. The number of benzene rings is 2. The quantitative estimate of drug-likeness (QED) is 0.240. The van der Waals surface area contributed by atoms with Gasteiger partial charge in [-0.15, -0.1) is 0 Å². The Bertz CT molecular complexity index is 911. The molecular weight excluding hydrogens is 458 g/mol. The number of hydrogen-bond donors (Lipinski definition) is 0. The van der Waals surface area contributed by atoms with Crippen molar-refractivity contribution in [3.05, 3.63) is 85.6 Å². The van der Waals surface area contributed by atoms with E-state index < -0.39 is 0 Å². The average molecular weight is 469 g/mol. The maximum atomic E-state index is 12.1. The fraction of sp³-hybridized carbons (Fsp3) is 0. The second-order valence-corrected chi connectivity index (χ2v) is 7.04. The summed E-state index contributed by atoms with van der Waals surface area (Å²) < 4.78 is 6.81. The molecule has 0 atom stereocenters. The second-order valence-electron chi connectivity index (χ2n) is 5.01. The number of allylic oxidation sites excluding steroid dienone is 1. The van der Waals surface area contributed by atoms with Crippen molar-refractivity contribution >= 4 is 57.7 Å². The third-order valence-electron chi connectivity index (χ3n) is 3.37. The van der Waals surface area contributed by atoms with Crippen LogP contribution in [-0.4, -0.2) is 5.78 Å². The van der Waals surface area contributed by atoms with Gasteiger partial charge in [-0.3, -0.25) is 4.79 Å². The van der Waals surface area contributed by atoms with Gasteiger partial charge in [-0.25, -0.2) is 0 Å². The molecule has 0 radical (unpaired) electrons. The van der Waals surface area contributed by atoms with Crippen LogP contribution in [0.4, 0.5) is 0 Å². The van der Waals surface area contributed by atoms with E-state index in [0.717, 1.165) is 3.57 Å². The van der Waals surface area contributed by atoms with Crippen molar-refractivity contribution < 1.29 is 9.21 Å². The van der Waals surface area contributed by atoms with E-state index in [1.807, 2.05) is 24.3 Å². The zero-order chi connectivity index (χ0) is 17.1. The van der Waals surface area contributed by atoms with Crippen LogP contribution in [0.2, 0.25) is 10.0 Å². The number of rotatable bonds is 4. The van der Waals surface area contributed by atoms with E-state index in [1.165, 1.54) is 6.08 Å². The number of hydrogen-bond acceptors (Lipinski definition) is 2. The summed E-state index contributed by atoms with van der Waals surface area (Å²) in [7, 11) is 0. The Hall–Kier alpha value is -1.56. The van der Waals surface area contributed by atoms with Gasteiger partial charge in [0.05, 0.1) is 10.0 Å². The smallest absolute Gasteiger partial charge is 0.185 e. The summed E-state index contributed by atoms with van der Waals surface area (Å²) in [4.78, 5) is 12.1. The van der Waals surface area contributed by atoms with Crippen molar-refractivity contribution in [1.82, 2.24) is 0 Å². The lowest BCUT2D eigenvalue weighted by atomic mass is 10.1. The topological polar surface area (TPSA) is 30.2 Å². The van der Waals surface area contributed by atoms with Gasteiger partial charge in [0.2, 0.25) is 0 Å². The highest BCUT2D eigenvalue weighted by molar-refractivity contribution is 14.1. The first-order valence-corrected chi connectivity index (χ1v) is 8.90. The van der Waals surface area contributed by atoms with Crippen LogP contribution in [0.3, 0.4) is 0 Å². The normalized spacial score (nSPS) is 11.1. The third-order valence-corrected chi connectivity index (χ3v) is 4.91. The SMILES string of the molecule is O=C(C=Cc1ccc(-c2cccc(Cl)c2Cl)o1)c1ccc(I)cc1. The second kappa shape index (κ2) is 7.55. The van der Waals surface area contributed by atoms with Gasteiger partial charge < -0.3 is 4.42 Å². The summed E-state index contributed by atoms with van der Waals surface area (Å²) in [6, 6.07) is 16.3. The molecule has 120 valence electrons. The molecular formula is C19H11Cl2IO2. The third kappa shape index (κ3) is 3.91. The van der Waals surface area contributed by atoms with Crippen LogP contribution in [0.1, 0.15) is 16.1 Å². The Kier molecular flexibility index (Phi) is 5.43. The summed E-state index contributed by atoms with van der Waals surface area (Å²) in [6.07, 6.45) is 3.13. The molecule has 0 N–H and O–H groups in total. The number of halogens is 3. The van der Waals surface area contributed by atoms with Crippen LogP contribution < -0.4 is 0 Å². The average Bonchev–Trinajstić information content (AvgIpc) is 3.04. The Labute approximate surface area is 163 Å². The number of carbonyl (C=O) groups is 1. The molecule has 3 aromatic rings. The molecule has 24 heavy (non-hydrogen) atoms. The first-order valence-electron chi connectivity index (χ1n) is 7.07. The molecule has 1 heterocycles. The van der Waals surface area contributed by atoms with E-state index in [2.05, 4.69) is 22.6 Å². The number of furan rings is 1. The highest BCUT2D eigenvalue weighted by Crippen LogP contribution is 2.34. The molecule has 0 bridgehead atoms. The summed E-state index contributed by atoms with van der Waals surface area (Å²) in [5.74, 6) is 1.09. The van der Waals surface area contributed by atoms with Gasteiger partial charge in [0.1, 0.15) is 11.5 Å². The Balaban J connectivity index is 1.80. The summed E-state index contributed by atoms with van der Waals surface area (Å²) in [5, 5.41) is 0.913. The van der Waals surface area contributed by atoms with Crippen LogP contribution in [-0.2, 0) is 0 Å². The van der Waals surface area contributed by atoms with Crippen molar-refractivity contribution in [1.29, 1.82) is 0 Å². The van der Waals surface area contributed by atoms with Crippen molar-refractivity contribution in [3.8, 4) is 11.3 Å². The standard InChI is InChI=1S/C19H11Cl2IO2/c20-16-3-1-2-15(19(16)21)18-11-9-14(24-18)8-10-17(23)12-4-6-13(22)7-5-12/h1-11H. The molecule has 2 aromatic carbocycles. The molecule has 0 fully saturated rings. The van der Waals surface area contributed by atoms with Gasteiger partial charge in [0.25, 0.3) is 0 Å². The molecule has 0 aliphatic rings. The zero-order valence-electron chi connectivity index (χ0n) is 12.3. The summed E-state index contributed by atoms with van der Waals surface area (Å²) in [5.41, 5.74) is 1.35. The minimum atomic E-state index is -0.0786. The zero-order valence-corrected chi connectivity index (χ0v) is 16.0. The Morgan fingerprint density at radius 2 is 1.75 bits per heavy atom. The van der Waals surface area contributed by atoms with Crippen LogP contribution in [0.25, 0.3) is 17.4 Å². The molecule has 0 saturated carbocycles. The fourth-order valence-electron chi connectivity index (χ4n) is 2.15. The van der Waals surface area contributed by atoms with Gasteiger partial charge in [-0.1, -0.05) is 41.4 Å². The molecule has 0 amide bonds. The van der Waals surface area contributed by atoms with Crippen molar-refractivity contribution in [3.63, 3.8) is 0 Å². The first kappa shape index (κ1) is 17.3. The highest BCUT2D eigenvalue weighted by atomic mass is 127. The molecule has 3 rings (SSSR count). The van der Waals surface area contributed by atoms with Crippen LogP contribution in [0, 0.1) is 3.57 Å². The lowest BCUT2D eigenvalue weighted by Gasteiger charge is -2.01. The molecule has 0 aliphatic heterocycles. The van der Waals surface area contributed by atoms with Gasteiger partial charge >= 0.3 is 0 Å². The maximum Gasteiger partial charge on any atom is 0.185 e. The minimum absolute atomic E-state index is 0.0786. The predicted molar refractivity (Wildman–Crippen MR) is 107 cm³/mol. The lowest BCUT2D eigenvalue weighted by Crippen LogP contribution is -1.93.